The first kappa shape index (κ1) is 19.8. The largest absolute Gasteiger partial charge is 0.493 e. The Balaban J connectivity index is 1.70. The van der Waals surface area contributed by atoms with Crippen LogP contribution in [0.15, 0.2) is 54.6 Å². The predicted octanol–water partition coefficient (Wildman–Crippen LogP) is 4.68. The Bertz CT molecular complexity index is 1170. The second-order valence-corrected chi connectivity index (χ2v) is 7.21. The summed E-state index contributed by atoms with van der Waals surface area (Å²) < 4.78 is 12.7. The van der Waals surface area contributed by atoms with Crippen molar-refractivity contribution in [2.45, 2.75) is 20.3 Å². The number of aromatic nitrogens is 3. The van der Waals surface area contributed by atoms with Crippen molar-refractivity contribution in [2.75, 3.05) is 26.1 Å². The van der Waals surface area contributed by atoms with Crippen molar-refractivity contribution in [2.24, 2.45) is 0 Å². The fourth-order valence-electron chi connectivity index (χ4n) is 3.68. The van der Waals surface area contributed by atoms with Gasteiger partial charge < -0.3 is 14.8 Å². The SMILES string of the molecule is COc1ccc(-c2c(C)nn3c(NCCc4ccccc4)cc(C)nc23)cc1OC. The topological polar surface area (TPSA) is 60.7 Å². The molecule has 0 aliphatic heterocycles. The molecule has 0 unspecified atom stereocenters. The number of aryl methyl sites for hydroxylation is 2. The highest BCUT2D eigenvalue weighted by Crippen LogP contribution is 2.35. The summed E-state index contributed by atoms with van der Waals surface area (Å²) in [6, 6.07) is 18.4. The lowest BCUT2D eigenvalue weighted by atomic mass is 10.1. The minimum Gasteiger partial charge on any atom is -0.493 e. The molecule has 0 saturated carbocycles. The van der Waals surface area contributed by atoms with Crippen molar-refractivity contribution in [1.82, 2.24) is 14.6 Å². The van der Waals surface area contributed by atoms with Crippen LogP contribution in [0.5, 0.6) is 11.5 Å². The molecule has 0 bridgehead atoms. The molecule has 4 rings (SSSR count). The number of methoxy groups -OCH3 is 2. The molecule has 0 aliphatic rings. The van der Waals surface area contributed by atoms with Crippen molar-refractivity contribution in [3.63, 3.8) is 0 Å². The van der Waals surface area contributed by atoms with Gasteiger partial charge in [-0.05, 0) is 43.5 Å². The highest BCUT2D eigenvalue weighted by atomic mass is 16.5. The number of hydrogen-bond acceptors (Lipinski definition) is 5. The van der Waals surface area contributed by atoms with Crippen LogP contribution in [-0.4, -0.2) is 35.4 Å². The molecule has 0 saturated heterocycles. The first-order chi connectivity index (χ1) is 14.6. The fourth-order valence-corrected chi connectivity index (χ4v) is 3.68. The van der Waals surface area contributed by atoms with Crippen molar-refractivity contribution in [3.8, 4) is 22.6 Å². The van der Waals surface area contributed by atoms with Crippen LogP contribution in [0.2, 0.25) is 0 Å². The van der Waals surface area contributed by atoms with E-state index in [1.807, 2.05) is 48.7 Å². The second kappa shape index (κ2) is 8.45. The van der Waals surface area contributed by atoms with Gasteiger partial charge in [0, 0.05) is 23.9 Å². The first-order valence-electron chi connectivity index (χ1n) is 9.98. The highest BCUT2D eigenvalue weighted by Gasteiger charge is 2.17. The zero-order chi connectivity index (χ0) is 21.1. The maximum absolute atomic E-state index is 5.48. The molecule has 6 heteroatoms. The highest BCUT2D eigenvalue weighted by molar-refractivity contribution is 5.82. The Morgan fingerprint density at radius 2 is 1.70 bits per heavy atom. The molecule has 0 fully saturated rings. The first-order valence-corrected chi connectivity index (χ1v) is 9.98. The normalized spacial score (nSPS) is 10.9. The van der Waals surface area contributed by atoms with Crippen LogP contribution < -0.4 is 14.8 Å². The Morgan fingerprint density at radius 3 is 2.43 bits per heavy atom. The van der Waals surface area contributed by atoms with E-state index in [0.717, 1.165) is 46.9 Å². The van der Waals surface area contributed by atoms with E-state index in [1.54, 1.807) is 14.2 Å². The van der Waals surface area contributed by atoms with Gasteiger partial charge in [0.25, 0.3) is 0 Å². The molecule has 0 amide bonds. The van der Waals surface area contributed by atoms with Gasteiger partial charge in [-0.2, -0.15) is 9.61 Å². The molecule has 154 valence electrons. The lowest BCUT2D eigenvalue weighted by molar-refractivity contribution is 0.355. The summed E-state index contributed by atoms with van der Waals surface area (Å²) in [6.07, 6.45) is 0.937. The summed E-state index contributed by atoms with van der Waals surface area (Å²) in [4.78, 5) is 4.79. The van der Waals surface area contributed by atoms with Gasteiger partial charge in [-0.1, -0.05) is 36.4 Å². The molecular weight excluding hydrogens is 376 g/mol. The van der Waals surface area contributed by atoms with E-state index in [9.17, 15) is 0 Å². The summed E-state index contributed by atoms with van der Waals surface area (Å²) in [5.41, 5.74) is 5.95. The molecule has 0 spiro atoms. The van der Waals surface area contributed by atoms with Crippen LogP contribution in [0.25, 0.3) is 16.8 Å². The van der Waals surface area contributed by atoms with E-state index >= 15 is 0 Å². The van der Waals surface area contributed by atoms with Crippen LogP contribution in [0.4, 0.5) is 5.82 Å². The van der Waals surface area contributed by atoms with Gasteiger partial charge in [0.2, 0.25) is 0 Å². The third-order valence-corrected chi connectivity index (χ3v) is 5.13. The third-order valence-electron chi connectivity index (χ3n) is 5.13. The number of ether oxygens (including phenoxy) is 2. The van der Waals surface area contributed by atoms with Gasteiger partial charge in [-0.25, -0.2) is 4.98 Å². The van der Waals surface area contributed by atoms with E-state index in [4.69, 9.17) is 19.6 Å². The van der Waals surface area contributed by atoms with E-state index in [1.165, 1.54) is 5.56 Å². The Kier molecular flexibility index (Phi) is 5.57. The predicted molar refractivity (Wildman–Crippen MR) is 120 cm³/mol. The summed E-state index contributed by atoms with van der Waals surface area (Å²) >= 11 is 0. The maximum Gasteiger partial charge on any atom is 0.165 e. The zero-order valence-corrected chi connectivity index (χ0v) is 17.8. The van der Waals surface area contributed by atoms with Gasteiger partial charge in [-0.3, -0.25) is 0 Å². The van der Waals surface area contributed by atoms with Gasteiger partial charge in [0.15, 0.2) is 17.1 Å². The van der Waals surface area contributed by atoms with E-state index < -0.39 is 0 Å². The molecule has 1 N–H and O–H groups in total. The number of rotatable bonds is 7. The molecule has 30 heavy (non-hydrogen) atoms. The standard InChI is InChI=1S/C24H26N4O2/c1-16-14-22(25-13-12-18-8-6-5-7-9-18)28-24(26-16)23(17(2)27-28)19-10-11-20(29-3)21(15-19)30-4/h5-11,14-15,25H,12-13H2,1-4H3. The van der Waals surface area contributed by atoms with Crippen molar-refractivity contribution in [3.05, 3.63) is 71.5 Å². The second-order valence-electron chi connectivity index (χ2n) is 7.21. The smallest absolute Gasteiger partial charge is 0.165 e. The summed E-state index contributed by atoms with van der Waals surface area (Å²) in [5, 5.41) is 8.30. The number of fused-ring (bicyclic) bond motifs is 1. The molecular formula is C24H26N4O2. The molecule has 4 aromatic rings. The molecule has 0 radical (unpaired) electrons. The van der Waals surface area contributed by atoms with Crippen LogP contribution in [-0.2, 0) is 6.42 Å². The molecule has 2 aromatic heterocycles. The number of nitrogens with zero attached hydrogens (tertiary/aromatic N) is 3. The Labute approximate surface area is 176 Å². The number of anilines is 1. The summed E-state index contributed by atoms with van der Waals surface area (Å²) in [6.45, 7) is 4.82. The van der Waals surface area contributed by atoms with E-state index in [2.05, 4.69) is 29.6 Å². The van der Waals surface area contributed by atoms with Gasteiger partial charge in [0.05, 0.1) is 19.9 Å². The van der Waals surface area contributed by atoms with Crippen molar-refractivity contribution < 1.29 is 9.47 Å². The number of nitrogens with one attached hydrogen (secondary N) is 1. The average molecular weight is 402 g/mol. The minimum atomic E-state index is 0.683. The average Bonchev–Trinajstić information content (AvgIpc) is 3.09. The monoisotopic (exact) mass is 402 g/mol. The molecule has 2 aromatic carbocycles. The van der Waals surface area contributed by atoms with Crippen molar-refractivity contribution in [1.29, 1.82) is 0 Å². The molecule has 6 nitrogen and oxygen atoms in total. The van der Waals surface area contributed by atoms with Crippen LogP contribution >= 0.6 is 0 Å². The van der Waals surface area contributed by atoms with Crippen LogP contribution in [0.1, 0.15) is 17.0 Å². The zero-order valence-electron chi connectivity index (χ0n) is 17.8. The third kappa shape index (κ3) is 3.81. The van der Waals surface area contributed by atoms with Crippen molar-refractivity contribution >= 4 is 11.5 Å². The minimum absolute atomic E-state index is 0.683. The molecule has 2 heterocycles. The van der Waals surface area contributed by atoms with Gasteiger partial charge >= 0.3 is 0 Å². The molecule has 0 aliphatic carbocycles. The number of hydrogen-bond donors (Lipinski definition) is 1. The Hall–Kier alpha value is -3.54. The van der Waals surface area contributed by atoms with Crippen LogP contribution in [0, 0.1) is 13.8 Å². The van der Waals surface area contributed by atoms with Crippen LogP contribution in [0.3, 0.4) is 0 Å². The number of benzene rings is 2. The summed E-state index contributed by atoms with van der Waals surface area (Å²) in [5.74, 6) is 2.31. The quantitative estimate of drug-likeness (QED) is 0.486. The fraction of sp³-hybridized carbons (Fsp3) is 0.250. The van der Waals surface area contributed by atoms with Gasteiger partial charge in [0.1, 0.15) is 5.82 Å². The maximum atomic E-state index is 5.48. The Morgan fingerprint density at radius 1 is 0.933 bits per heavy atom. The van der Waals surface area contributed by atoms with E-state index in [0.29, 0.717) is 11.5 Å². The van der Waals surface area contributed by atoms with E-state index in [-0.39, 0.29) is 0 Å². The summed E-state index contributed by atoms with van der Waals surface area (Å²) in [7, 11) is 3.28. The lowest BCUT2D eigenvalue weighted by Crippen LogP contribution is -2.10. The molecule has 0 atom stereocenters. The lowest BCUT2D eigenvalue weighted by Gasteiger charge is -2.11. The van der Waals surface area contributed by atoms with Gasteiger partial charge in [-0.15, -0.1) is 0 Å².